The zero-order valence-corrected chi connectivity index (χ0v) is 11.1. The fraction of sp³-hybridized carbons (Fsp3) is 0.500. The second-order valence-electron chi connectivity index (χ2n) is 4.39. The van der Waals surface area contributed by atoms with Crippen molar-refractivity contribution in [3.05, 3.63) is 12.4 Å². The van der Waals surface area contributed by atoms with Gasteiger partial charge in [0.05, 0.1) is 0 Å². The van der Waals surface area contributed by atoms with Gasteiger partial charge in [0.25, 0.3) is 0 Å². The number of aromatic nitrogens is 2. The molecule has 7 nitrogen and oxygen atoms in total. The van der Waals surface area contributed by atoms with E-state index in [1.807, 2.05) is 11.1 Å². The van der Waals surface area contributed by atoms with E-state index in [-0.39, 0.29) is 5.91 Å². The molecule has 0 unspecified atom stereocenters. The summed E-state index contributed by atoms with van der Waals surface area (Å²) in [5.41, 5.74) is 0. The maximum Gasteiger partial charge on any atom is 0.219 e. The number of carbonyl (C=O) groups excluding carboxylic acids is 1. The molecule has 0 spiro atoms. The number of carbonyl (C=O) groups is 1. The third kappa shape index (κ3) is 2.91. The van der Waals surface area contributed by atoms with Crippen LogP contribution in [0.2, 0.25) is 0 Å². The van der Waals surface area contributed by atoms with E-state index in [1.54, 1.807) is 20.0 Å². The molecule has 19 heavy (non-hydrogen) atoms. The molecular formula is C12H16N6O. The van der Waals surface area contributed by atoms with Gasteiger partial charge in [0.2, 0.25) is 5.91 Å². The van der Waals surface area contributed by atoms with Crippen LogP contribution in [-0.4, -0.2) is 54.0 Å². The van der Waals surface area contributed by atoms with Gasteiger partial charge >= 0.3 is 0 Å². The fourth-order valence-corrected chi connectivity index (χ4v) is 2.00. The first-order valence-corrected chi connectivity index (χ1v) is 6.08. The van der Waals surface area contributed by atoms with Gasteiger partial charge in [-0.25, -0.2) is 9.97 Å². The minimum absolute atomic E-state index is 0.104. The van der Waals surface area contributed by atoms with Crippen molar-refractivity contribution in [3.63, 3.8) is 0 Å². The van der Waals surface area contributed by atoms with E-state index in [4.69, 9.17) is 5.26 Å². The molecule has 0 radical (unpaired) electrons. The maximum atomic E-state index is 11.3. The molecular weight excluding hydrogens is 244 g/mol. The summed E-state index contributed by atoms with van der Waals surface area (Å²) in [5.74, 6) is 1.46. The Morgan fingerprint density at radius 3 is 2.63 bits per heavy atom. The largest absolute Gasteiger partial charge is 0.353 e. The van der Waals surface area contributed by atoms with Crippen LogP contribution in [0.4, 0.5) is 11.6 Å². The van der Waals surface area contributed by atoms with Crippen LogP contribution in [-0.2, 0) is 4.79 Å². The average molecular weight is 260 g/mol. The van der Waals surface area contributed by atoms with E-state index < -0.39 is 0 Å². The van der Waals surface area contributed by atoms with Crippen molar-refractivity contribution in [2.75, 3.05) is 43.0 Å². The summed E-state index contributed by atoms with van der Waals surface area (Å²) in [5, 5.41) is 8.84. The number of nitriles is 1. The molecule has 0 saturated carbocycles. The average Bonchev–Trinajstić information content (AvgIpc) is 2.46. The van der Waals surface area contributed by atoms with Crippen molar-refractivity contribution in [3.8, 4) is 6.19 Å². The Labute approximate surface area is 112 Å². The van der Waals surface area contributed by atoms with Gasteiger partial charge in [-0.05, 0) is 0 Å². The number of nitrogens with zero attached hydrogens (tertiary/aromatic N) is 6. The zero-order chi connectivity index (χ0) is 13.8. The van der Waals surface area contributed by atoms with Crippen molar-refractivity contribution in [2.24, 2.45) is 0 Å². The van der Waals surface area contributed by atoms with Crippen molar-refractivity contribution >= 4 is 17.5 Å². The highest BCUT2D eigenvalue weighted by Gasteiger charge is 2.20. The van der Waals surface area contributed by atoms with Gasteiger partial charge < -0.3 is 9.80 Å². The lowest BCUT2D eigenvalue weighted by Gasteiger charge is -2.34. The van der Waals surface area contributed by atoms with Crippen LogP contribution in [0.25, 0.3) is 0 Å². The summed E-state index contributed by atoms with van der Waals surface area (Å²) in [4.78, 5) is 24.8. The Balaban J connectivity index is 2.08. The highest BCUT2D eigenvalue weighted by molar-refractivity contribution is 5.73. The molecule has 0 aliphatic carbocycles. The standard InChI is InChI=1S/C12H16N6O/c1-10(19)17-3-5-18(6-4-17)12-7-11(14-9-15-12)16(2)8-13/h7,9H,3-6H2,1-2H3. The lowest BCUT2D eigenvalue weighted by atomic mass is 10.3. The van der Waals surface area contributed by atoms with E-state index in [9.17, 15) is 4.79 Å². The van der Waals surface area contributed by atoms with E-state index in [0.29, 0.717) is 18.9 Å². The molecule has 1 amide bonds. The molecule has 1 saturated heterocycles. The summed E-state index contributed by atoms with van der Waals surface area (Å²) < 4.78 is 0. The smallest absolute Gasteiger partial charge is 0.219 e. The third-order valence-electron chi connectivity index (χ3n) is 3.18. The van der Waals surface area contributed by atoms with Gasteiger partial charge in [-0.3, -0.25) is 9.69 Å². The first-order chi connectivity index (χ1) is 9.11. The molecule has 0 atom stereocenters. The first kappa shape index (κ1) is 13.1. The molecule has 0 aromatic carbocycles. The Bertz CT molecular complexity index is 503. The number of hydrogen-bond donors (Lipinski definition) is 0. The number of anilines is 2. The Morgan fingerprint density at radius 2 is 2.05 bits per heavy atom. The van der Waals surface area contributed by atoms with Crippen LogP contribution in [0.1, 0.15) is 6.92 Å². The number of piperazine rings is 1. The van der Waals surface area contributed by atoms with Gasteiger partial charge in [-0.1, -0.05) is 0 Å². The SMILES string of the molecule is CC(=O)N1CCN(c2cc(N(C)C#N)ncn2)CC1. The molecule has 1 aliphatic heterocycles. The van der Waals surface area contributed by atoms with Crippen molar-refractivity contribution in [1.29, 1.82) is 5.26 Å². The molecule has 100 valence electrons. The fourth-order valence-electron chi connectivity index (χ4n) is 2.00. The van der Waals surface area contributed by atoms with E-state index in [2.05, 4.69) is 14.9 Å². The van der Waals surface area contributed by atoms with Crippen LogP contribution < -0.4 is 9.80 Å². The normalized spacial score (nSPS) is 15.0. The number of amides is 1. The van der Waals surface area contributed by atoms with Gasteiger partial charge in [0.15, 0.2) is 6.19 Å². The minimum atomic E-state index is 0.104. The van der Waals surface area contributed by atoms with Gasteiger partial charge in [-0.15, -0.1) is 0 Å². The first-order valence-electron chi connectivity index (χ1n) is 6.08. The van der Waals surface area contributed by atoms with Crippen LogP contribution >= 0.6 is 0 Å². The predicted octanol–water partition coefficient (Wildman–Crippen LogP) is 0.0624. The predicted molar refractivity (Wildman–Crippen MR) is 70.5 cm³/mol. The van der Waals surface area contributed by atoms with Gasteiger partial charge in [-0.2, -0.15) is 5.26 Å². The van der Waals surface area contributed by atoms with Crippen LogP contribution in [0.3, 0.4) is 0 Å². The third-order valence-corrected chi connectivity index (χ3v) is 3.18. The molecule has 1 fully saturated rings. The Morgan fingerprint density at radius 1 is 1.37 bits per heavy atom. The highest BCUT2D eigenvalue weighted by atomic mass is 16.2. The molecule has 0 bridgehead atoms. The minimum Gasteiger partial charge on any atom is -0.353 e. The summed E-state index contributed by atoms with van der Waals surface area (Å²) in [6.07, 6.45) is 3.46. The maximum absolute atomic E-state index is 11.3. The Hall–Kier alpha value is -2.36. The van der Waals surface area contributed by atoms with E-state index in [0.717, 1.165) is 18.9 Å². The van der Waals surface area contributed by atoms with Crippen molar-refractivity contribution in [2.45, 2.75) is 6.92 Å². The van der Waals surface area contributed by atoms with Crippen LogP contribution in [0, 0.1) is 11.5 Å². The van der Waals surface area contributed by atoms with Crippen molar-refractivity contribution in [1.82, 2.24) is 14.9 Å². The molecule has 1 aliphatic rings. The quantitative estimate of drug-likeness (QED) is 0.553. The van der Waals surface area contributed by atoms with Crippen molar-refractivity contribution < 1.29 is 4.79 Å². The zero-order valence-electron chi connectivity index (χ0n) is 11.1. The van der Waals surface area contributed by atoms with Crippen LogP contribution in [0.15, 0.2) is 12.4 Å². The number of hydrogen-bond acceptors (Lipinski definition) is 6. The number of rotatable bonds is 2. The summed E-state index contributed by atoms with van der Waals surface area (Å²) in [7, 11) is 1.65. The molecule has 1 aromatic rings. The molecule has 0 N–H and O–H groups in total. The second kappa shape index (κ2) is 5.52. The summed E-state index contributed by atoms with van der Waals surface area (Å²) in [6, 6.07) is 1.78. The van der Waals surface area contributed by atoms with Crippen LogP contribution in [0.5, 0.6) is 0 Å². The highest BCUT2D eigenvalue weighted by Crippen LogP contribution is 2.17. The second-order valence-corrected chi connectivity index (χ2v) is 4.39. The molecule has 2 heterocycles. The summed E-state index contributed by atoms with van der Waals surface area (Å²) in [6.45, 7) is 4.46. The monoisotopic (exact) mass is 260 g/mol. The lowest BCUT2D eigenvalue weighted by molar-refractivity contribution is -0.129. The molecule has 7 heteroatoms. The van der Waals surface area contributed by atoms with Gasteiger partial charge in [0.1, 0.15) is 18.0 Å². The Kier molecular flexibility index (Phi) is 3.80. The topological polar surface area (TPSA) is 76.4 Å². The summed E-state index contributed by atoms with van der Waals surface area (Å²) >= 11 is 0. The molecule has 2 rings (SSSR count). The van der Waals surface area contributed by atoms with E-state index in [1.165, 1.54) is 11.2 Å². The van der Waals surface area contributed by atoms with Gasteiger partial charge in [0, 0.05) is 46.2 Å². The molecule has 1 aromatic heterocycles. The van der Waals surface area contributed by atoms with E-state index >= 15 is 0 Å². The lowest BCUT2D eigenvalue weighted by Crippen LogP contribution is -2.48.